The van der Waals surface area contributed by atoms with Crippen LogP contribution in [0.15, 0.2) is 180 Å². The maximum absolute atomic E-state index is 6.80. The first-order valence-electron chi connectivity index (χ1n) is 18.9. The molecule has 0 aliphatic rings. The van der Waals surface area contributed by atoms with Gasteiger partial charge in [-0.2, -0.15) is 0 Å². The lowest BCUT2D eigenvalue weighted by Gasteiger charge is -2.10. The number of benzene rings is 8. The first-order chi connectivity index (χ1) is 28.2. The van der Waals surface area contributed by atoms with E-state index < -0.39 is 0 Å². The van der Waals surface area contributed by atoms with Gasteiger partial charge < -0.3 is 4.42 Å². The van der Waals surface area contributed by atoms with Gasteiger partial charge in [0.05, 0.1) is 0 Å². The summed E-state index contributed by atoms with van der Waals surface area (Å²) < 4.78 is 11.7. The average molecular weight is 764 g/mol. The van der Waals surface area contributed by atoms with E-state index in [4.69, 9.17) is 19.4 Å². The Balaban J connectivity index is 1.04. The van der Waals surface area contributed by atoms with E-state index in [9.17, 15) is 0 Å². The number of fused-ring (bicyclic) bond motifs is 9. The molecular weight excluding hydrogens is 735 g/mol. The van der Waals surface area contributed by atoms with Gasteiger partial charge in [-0.05, 0) is 47.5 Å². The molecule has 4 heterocycles. The van der Waals surface area contributed by atoms with Crippen molar-refractivity contribution in [1.29, 1.82) is 0 Å². The van der Waals surface area contributed by atoms with Gasteiger partial charge in [0.25, 0.3) is 0 Å². The van der Waals surface area contributed by atoms with Crippen molar-refractivity contribution in [2.24, 2.45) is 0 Å². The second-order valence-corrected chi connectivity index (χ2v) is 16.4. The van der Waals surface area contributed by atoms with E-state index in [1.807, 2.05) is 72.0 Å². The molecule has 0 aliphatic heterocycles. The molecule has 12 aromatic rings. The number of furan rings is 1. The number of thiophene rings is 2. The highest BCUT2D eigenvalue weighted by Crippen LogP contribution is 2.47. The van der Waals surface area contributed by atoms with Crippen molar-refractivity contribution in [1.82, 2.24) is 15.0 Å². The molecule has 4 nitrogen and oxygen atoms in total. The standard InChI is InChI=1S/C51H29N3OS2/c1-3-13-30(14-4-1)49-52-50(31-15-5-2-6-16-31)54-51(53-49)40-22-12-21-38-41-29-32(25-28-44(41)57-48(38)40)33-26-27-35(46-45(33)39-18-7-9-23-42(39)55-46)37-20-11-19-36-34-17-8-10-24-43(34)56-47(36)37/h1-29H. The van der Waals surface area contributed by atoms with Crippen LogP contribution in [0.1, 0.15) is 0 Å². The Labute approximate surface area is 335 Å². The van der Waals surface area contributed by atoms with Crippen molar-refractivity contribution in [2.45, 2.75) is 0 Å². The molecule has 0 N–H and O–H groups in total. The van der Waals surface area contributed by atoms with Crippen LogP contribution in [0, 0.1) is 0 Å². The molecule has 8 aromatic carbocycles. The average Bonchev–Trinajstić information content (AvgIpc) is 3.98. The van der Waals surface area contributed by atoms with Gasteiger partial charge in [-0.1, -0.05) is 140 Å². The smallest absolute Gasteiger partial charge is 0.165 e. The normalized spacial score (nSPS) is 11.9. The fourth-order valence-electron chi connectivity index (χ4n) is 8.31. The van der Waals surface area contributed by atoms with E-state index in [1.165, 1.54) is 41.2 Å². The van der Waals surface area contributed by atoms with Gasteiger partial charge in [0.15, 0.2) is 17.5 Å². The molecule has 12 rings (SSSR count). The number of aromatic nitrogens is 3. The second-order valence-electron chi connectivity index (χ2n) is 14.3. The summed E-state index contributed by atoms with van der Waals surface area (Å²) in [6.45, 7) is 0. The van der Waals surface area contributed by atoms with Crippen LogP contribution < -0.4 is 0 Å². The van der Waals surface area contributed by atoms with Crippen molar-refractivity contribution >= 4 is 85.0 Å². The van der Waals surface area contributed by atoms with Crippen LogP contribution in [0.25, 0.3) is 119 Å². The molecule has 0 unspecified atom stereocenters. The number of nitrogens with zero attached hydrogens (tertiary/aromatic N) is 3. The predicted octanol–water partition coefficient (Wildman–Crippen LogP) is 14.8. The zero-order chi connectivity index (χ0) is 37.5. The van der Waals surface area contributed by atoms with Crippen LogP contribution in [0.4, 0.5) is 0 Å². The zero-order valence-electron chi connectivity index (χ0n) is 30.3. The highest BCUT2D eigenvalue weighted by Gasteiger charge is 2.21. The van der Waals surface area contributed by atoms with Gasteiger partial charge >= 0.3 is 0 Å². The fourth-order valence-corrected chi connectivity index (χ4v) is 10.7. The maximum atomic E-state index is 6.80. The van der Waals surface area contributed by atoms with Crippen molar-refractivity contribution < 1.29 is 4.42 Å². The van der Waals surface area contributed by atoms with Crippen molar-refractivity contribution in [3.8, 4) is 56.4 Å². The van der Waals surface area contributed by atoms with Crippen molar-refractivity contribution in [2.75, 3.05) is 0 Å². The molecule has 0 bridgehead atoms. The van der Waals surface area contributed by atoms with Crippen LogP contribution in [0.5, 0.6) is 0 Å². The Morgan fingerprint density at radius 3 is 1.67 bits per heavy atom. The van der Waals surface area contributed by atoms with Crippen LogP contribution in [-0.4, -0.2) is 15.0 Å². The predicted molar refractivity (Wildman–Crippen MR) is 240 cm³/mol. The van der Waals surface area contributed by atoms with E-state index in [1.54, 1.807) is 11.3 Å². The molecule has 0 saturated heterocycles. The molecule has 0 radical (unpaired) electrons. The van der Waals surface area contributed by atoms with E-state index in [0.717, 1.165) is 60.0 Å². The maximum Gasteiger partial charge on any atom is 0.165 e. The molecule has 0 fully saturated rings. The van der Waals surface area contributed by atoms with E-state index in [2.05, 4.69) is 115 Å². The third kappa shape index (κ3) is 5.15. The molecular formula is C51H29N3OS2. The zero-order valence-corrected chi connectivity index (χ0v) is 31.9. The van der Waals surface area contributed by atoms with Crippen LogP contribution in [0.3, 0.4) is 0 Å². The lowest BCUT2D eigenvalue weighted by atomic mass is 9.93. The molecule has 266 valence electrons. The lowest BCUT2D eigenvalue weighted by molar-refractivity contribution is 0.670. The molecule has 0 spiro atoms. The first kappa shape index (κ1) is 32.3. The molecule has 0 saturated carbocycles. The Hall–Kier alpha value is -6.99. The number of rotatable bonds is 5. The largest absolute Gasteiger partial charge is 0.455 e. The second kappa shape index (κ2) is 12.8. The van der Waals surface area contributed by atoms with E-state index in [-0.39, 0.29) is 0 Å². The summed E-state index contributed by atoms with van der Waals surface area (Å²) in [6, 6.07) is 61.9. The minimum Gasteiger partial charge on any atom is -0.455 e. The summed E-state index contributed by atoms with van der Waals surface area (Å²) in [5, 5.41) is 7.20. The minimum absolute atomic E-state index is 0.656. The van der Waals surface area contributed by atoms with E-state index >= 15 is 0 Å². The topological polar surface area (TPSA) is 51.8 Å². The molecule has 0 amide bonds. The highest BCUT2D eigenvalue weighted by molar-refractivity contribution is 7.26. The number of hydrogen-bond donors (Lipinski definition) is 0. The van der Waals surface area contributed by atoms with Gasteiger partial charge in [0.2, 0.25) is 0 Å². The Morgan fingerprint density at radius 1 is 0.351 bits per heavy atom. The summed E-state index contributed by atoms with van der Waals surface area (Å²) in [7, 11) is 0. The first-order valence-corrected chi connectivity index (χ1v) is 20.6. The summed E-state index contributed by atoms with van der Waals surface area (Å²) in [6.07, 6.45) is 0. The Morgan fingerprint density at radius 2 is 0.912 bits per heavy atom. The SMILES string of the molecule is c1ccc(-c2nc(-c3ccccc3)nc(-c3cccc4c3sc3ccc(-c5ccc(-c6cccc7c6sc6ccccc67)c6oc7ccccc7c56)cc34)n2)cc1. The summed E-state index contributed by atoms with van der Waals surface area (Å²) in [5.41, 5.74) is 9.30. The Bertz CT molecular complexity index is 3470. The van der Waals surface area contributed by atoms with E-state index in [0.29, 0.717) is 17.5 Å². The van der Waals surface area contributed by atoms with Gasteiger partial charge in [-0.25, -0.2) is 15.0 Å². The third-order valence-corrected chi connectivity index (χ3v) is 13.4. The van der Waals surface area contributed by atoms with Gasteiger partial charge in [-0.3, -0.25) is 0 Å². The van der Waals surface area contributed by atoms with Gasteiger partial charge in [0, 0.05) is 78.9 Å². The van der Waals surface area contributed by atoms with Crippen LogP contribution >= 0.6 is 22.7 Å². The minimum atomic E-state index is 0.656. The molecule has 0 atom stereocenters. The molecule has 4 aromatic heterocycles. The van der Waals surface area contributed by atoms with Crippen molar-refractivity contribution in [3.63, 3.8) is 0 Å². The molecule has 57 heavy (non-hydrogen) atoms. The molecule has 6 heteroatoms. The summed E-state index contributed by atoms with van der Waals surface area (Å²) >= 11 is 3.63. The highest BCUT2D eigenvalue weighted by atomic mass is 32.1. The quantitative estimate of drug-likeness (QED) is 0.175. The fraction of sp³-hybridized carbons (Fsp3) is 0. The summed E-state index contributed by atoms with van der Waals surface area (Å²) in [4.78, 5) is 15.1. The van der Waals surface area contributed by atoms with Crippen molar-refractivity contribution in [3.05, 3.63) is 176 Å². The lowest BCUT2D eigenvalue weighted by Crippen LogP contribution is -2.00. The number of hydrogen-bond acceptors (Lipinski definition) is 6. The molecule has 0 aliphatic carbocycles. The third-order valence-electron chi connectivity index (χ3n) is 11.0. The summed E-state index contributed by atoms with van der Waals surface area (Å²) in [5.74, 6) is 1.97. The van der Waals surface area contributed by atoms with Crippen LogP contribution in [0.2, 0.25) is 0 Å². The van der Waals surface area contributed by atoms with Gasteiger partial charge in [0.1, 0.15) is 11.2 Å². The number of para-hydroxylation sites is 1. The van der Waals surface area contributed by atoms with Gasteiger partial charge in [-0.15, -0.1) is 22.7 Å². The monoisotopic (exact) mass is 763 g/mol. The Kier molecular flexibility index (Phi) is 7.24. The van der Waals surface area contributed by atoms with Crippen LogP contribution in [-0.2, 0) is 0 Å².